The van der Waals surface area contributed by atoms with Crippen LogP contribution in [0.4, 0.5) is 0 Å². The normalized spacial score (nSPS) is 12.1. The zero-order valence-corrected chi connectivity index (χ0v) is 29.4. The van der Waals surface area contributed by atoms with Crippen molar-refractivity contribution in [2.24, 2.45) is 0 Å². The number of unbranched alkanes of at least 4 members (excludes halogenated alkanes) is 18. The van der Waals surface area contributed by atoms with Crippen molar-refractivity contribution in [1.29, 1.82) is 0 Å². The fourth-order valence-corrected chi connectivity index (χ4v) is 7.36. The summed E-state index contributed by atoms with van der Waals surface area (Å²) in [6, 6.07) is 9.04. The van der Waals surface area contributed by atoms with Crippen LogP contribution >= 0.6 is 0 Å². The van der Waals surface area contributed by atoms with E-state index in [4.69, 9.17) is 4.74 Å². The van der Waals surface area contributed by atoms with Crippen LogP contribution in [-0.4, -0.2) is 25.9 Å². The highest BCUT2D eigenvalue weighted by Gasteiger charge is 2.19. The highest BCUT2D eigenvalue weighted by molar-refractivity contribution is 7.86. The molecule has 256 valence electrons. The van der Waals surface area contributed by atoms with Gasteiger partial charge < -0.3 is 4.74 Å². The highest BCUT2D eigenvalue weighted by Crippen LogP contribution is 2.31. The molecule has 2 rings (SSSR count). The van der Waals surface area contributed by atoms with Gasteiger partial charge in [-0.2, -0.15) is 16.8 Å². The molecule has 0 aliphatic rings. The van der Waals surface area contributed by atoms with Gasteiger partial charge in [-0.15, -0.1) is 0 Å². The Morgan fingerprint density at radius 3 is 1.04 bits per heavy atom. The van der Waals surface area contributed by atoms with Gasteiger partial charge in [-0.3, -0.25) is 9.11 Å². The summed E-state index contributed by atoms with van der Waals surface area (Å²) < 4.78 is 74.4. The molecule has 0 radical (unpaired) electrons. The summed E-state index contributed by atoms with van der Waals surface area (Å²) in [5, 5.41) is 0. The number of benzene rings is 2. The maximum atomic E-state index is 12.2. The van der Waals surface area contributed by atoms with Crippen LogP contribution in [0.1, 0.15) is 153 Å². The highest BCUT2D eigenvalue weighted by atomic mass is 32.2. The molecule has 0 atom stereocenters. The number of hydrogen-bond acceptors (Lipinski definition) is 5. The molecule has 0 heterocycles. The summed E-state index contributed by atoms with van der Waals surface area (Å²) in [5.74, 6) is 0.302. The molecular weight excluding hydrogens is 609 g/mol. The average molecular weight is 667 g/mol. The Morgan fingerprint density at radius 1 is 0.467 bits per heavy atom. The summed E-state index contributed by atoms with van der Waals surface area (Å²) in [7, 11) is -8.98. The van der Waals surface area contributed by atoms with Crippen LogP contribution in [0.25, 0.3) is 0 Å². The van der Waals surface area contributed by atoms with E-state index in [-0.39, 0.29) is 21.3 Å². The molecule has 7 nitrogen and oxygen atoms in total. The second-order valence-corrected chi connectivity index (χ2v) is 15.2. The number of rotatable bonds is 26. The van der Waals surface area contributed by atoms with Crippen LogP contribution in [0.2, 0.25) is 0 Å². The molecule has 0 fully saturated rings. The van der Waals surface area contributed by atoms with Crippen LogP contribution in [0, 0.1) is 0 Å². The van der Waals surface area contributed by atoms with Crippen LogP contribution in [0.5, 0.6) is 11.5 Å². The van der Waals surface area contributed by atoms with Gasteiger partial charge in [-0.25, -0.2) is 0 Å². The molecule has 2 N–H and O–H groups in total. The molecule has 2 aromatic carbocycles. The predicted octanol–water partition coefficient (Wildman–Crippen LogP) is 10.9. The van der Waals surface area contributed by atoms with Crippen LogP contribution in [0.3, 0.4) is 0 Å². The van der Waals surface area contributed by atoms with E-state index in [1.165, 1.54) is 102 Å². The van der Waals surface area contributed by atoms with E-state index in [2.05, 4.69) is 13.8 Å². The zero-order chi connectivity index (χ0) is 33.0. The first-order valence-corrected chi connectivity index (χ1v) is 20.3. The van der Waals surface area contributed by atoms with Crippen molar-refractivity contribution in [2.45, 2.75) is 165 Å². The maximum Gasteiger partial charge on any atom is 0.294 e. The first kappa shape index (κ1) is 39.2. The summed E-state index contributed by atoms with van der Waals surface area (Å²) >= 11 is 0. The van der Waals surface area contributed by atoms with Crippen molar-refractivity contribution in [1.82, 2.24) is 0 Å². The average Bonchev–Trinajstić information content (AvgIpc) is 2.99. The first-order chi connectivity index (χ1) is 21.6. The molecule has 0 spiro atoms. The molecular formula is C36H58O7S2. The second-order valence-electron chi connectivity index (χ2n) is 12.5. The fraction of sp³-hybridized carbons (Fsp3) is 0.667. The summed E-state index contributed by atoms with van der Waals surface area (Å²) in [6.45, 7) is 4.43. The third-order valence-electron chi connectivity index (χ3n) is 8.47. The lowest BCUT2D eigenvalue weighted by Crippen LogP contribution is -2.05. The van der Waals surface area contributed by atoms with Crippen molar-refractivity contribution < 1.29 is 30.7 Å². The van der Waals surface area contributed by atoms with Crippen molar-refractivity contribution >= 4 is 20.2 Å². The molecule has 0 saturated heterocycles. The Morgan fingerprint density at radius 2 is 0.756 bits per heavy atom. The van der Waals surface area contributed by atoms with Gasteiger partial charge in [0.1, 0.15) is 21.3 Å². The summed E-state index contributed by atoms with van der Waals surface area (Å²) in [6.07, 6.45) is 24.5. The SMILES string of the molecule is CCCCCCCCCCCCc1ccc(Oc2ccc(CCCCCCCCCCCC)c(S(=O)(=O)O)c2)cc1S(=O)(=O)O. The minimum atomic E-state index is -4.49. The molecule has 0 amide bonds. The van der Waals surface area contributed by atoms with Gasteiger partial charge in [0.05, 0.1) is 0 Å². The van der Waals surface area contributed by atoms with Crippen LogP contribution < -0.4 is 4.74 Å². The topological polar surface area (TPSA) is 118 Å². The van der Waals surface area contributed by atoms with Crippen molar-refractivity contribution in [3.05, 3.63) is 47.5 Å². The zero-order valence-electron chi connectivity index (χ0n) is 27.8. The quantitative estimate of drug-likeness (QED) is 0.0757. The van der Waals surface area contributed by atoms with Gasteiger partial charge in [0.25, 0.3) is 20.2 Å². The molecule has 2 aromatic rings. The lowest BCUT2D eigenvalue weighted by atomic mass is 10.0. The van der Waals surface area contributed by atoms with Gasteiger partial charge in [-0.05, 0) is 48.9 Å². The first-order valence-electron chi connectivity index (χ1n) is 17.4. The lowest BCUT2D eigenvalue weighted by Gasteiger charge is -2.13. The van der Waals surface area contributed by atoms with Crippen molar-refractivity contribution in [3.8, 4) is 11.5 Å². The van der Waals surface area contributed by atoms with Crippen LogP contribution in [0.15, 0.2) is 46.2 Å². The van der Waals surface area contributed by atoms with Gasteiger partial charge in [-0.1, -0.05) is 142 Å². The molecule has 0 aliphatic heterocycles. The standard InChI is InChI=1S/C36H58O7S2/c1-3-5-7-9-11-13-15-17-19-21-23-31-25-27-33(29-35(31)44(37,38)39)43-34-28-26-32(36(30-34)45(40,41)42)24-22-20-18-16-14-12-10-8-6-4-2/h25-30H,3-24H2,1-2H3,(H,37,38,39)(H,40,41,42). The monoisotopic (exact) mass is 666 g/mol. The molecule has 0 unspecified atom stereocenters. The number of ether oxygens (including phenoxy) is 1. The molecule has 0 saturated carbocycles. The Labute approximate surface area is 274 Å². The summed E-state index contributed by atoms with van der Waals surface area (Å²) in [5.41, 5.74) is 1.05. The molecule has 0 aromatic heterocycles. The molecule has 9 heteroatoms. The maximum absolute atomic E-state index is 12.2. The van der Waals surface area contributed by atoms with Gasteiger partial charge >= 0.3 is 0 Å². The Kier molecular flexibility index (Phi) is 19.0. The summed E-state index contributed by atoms with van der Waals surface area (Å²) in [4.78, 5) is -0.410. The van der Waals surface area contributed by atoms with E-state index in [1.807, 2.05) is 0 Å². The minimum absolute atomic E-state index is 0.151. The third kappa shape index (κ3) is 16.4. The molecule has 45 heavy (non-hydrogen) atoms. The Bertz CT molecular complexity index is 1220. The van der Waals surface area contributed by atoms with E-state index in [0.717, 1.165) is 38.5 Å². The van der Waals surface area contributed by atoms with Crippen LogP contribution in [-0.2, 0) is 33.1 Å². The van der Waals surface area contributed by atoms with E-state index in [1.54, 1.807) is 24.3 Å². The van der Waals surface area contributed by atoms with E-state index >= 15 is 0 Å². The largest absolute Gasteiger partial charge is 0.457 e. The van der Waals surface area contributed by atoms with Gasteiger partial charge in [0, 0.05) is 12.1 Å². The van der Waals surface area contributed by atoms with E-state index < -0.39 is 20.2 Å². The smallest absolute Gasteiger partial charge is 0.294 e. The third-order valence-corrected chi connectivity index (χ3v) is 10.3. The van der Waals surface area contributed by atoms with Gasteiger partial charge in [0.15, 0.2) is 0 Å². The Hall–Kier alpha value is -1.94. The molecule has 0 bridgehead atoms. The number of aryl methyl sites for hydroxylation is 2. The second kappa shape index (κ2) is 21.8. The van der Waals surface area contributed by atoms with Crippen molar-refractivity contribution in [2.75, 3.05) is 0 Å². The Balaban J connectivity index is 1.93. The van der Waals surface area contributed by atoms with E-state index in [9.17, 15) is 25.9 Å². The number of hydrogen-bond donors (Lipinski definition) is 2. The van der Waals surface area contributed by atoms with Crippen molar-refractivity contribution in [3.63, 3.8) is 0 Å². The molecule has 0 aliphatic carbocycles. The predicted molar refractivity (Wildman–Crippen MR) is 184 cm³/mol. The van der Waals surface area contributed by atoms with E-state index in [0.29, 0.717) is 24.0 Å². The fourth-order valence-electron chi connectivity index (χ4n) is 5.83. The van der Waals surface area contributed by atoms with Gasteiger partial charge in [0.2, 0.25) is 0 Å². The minimum Gasteiger partial charge on any atom is -0.457 e. The lowest BCUT2D eigenvalue weighted by molar-refractivity contribution is 0.465.